The molecule has 1 aromatic carbocycles. The van der Waals surface area contributed by atoms with Crippen LogP contribution in [0.5, 0.6) is 0 Å². The monoisotopic (exact) mass is 288 g/mol. The van der Waals surface area contributed by atoms with E-state index in [-0.39, 0.29) is 4.87 Å². The molecule has 0 aromatic heterocycles. The van der Waals surface area contributed by atoms with Crippen LogP contribution in [0.25, 0.3) is 0 Å². The van der Waals surface area contributed by atoms with Gasteiger partial charge in [-0.15, -0.1) is 0 Å². The van der Waals surface area contributed by atoms with E-state index in [1.54, 1.807) is 0 Å². The zero-order valence-electron chi connectivity index (χ0n) is 9.08. The Morgan fingerprint density at radius 2 is 2.00 bits per heavy atom. The summed E-state index contributed by atoms with van der Waals surface area (Å²) in [5, 5.41) is 0. The molecule has 0 bridgehead atoms. The van der Waals surface area contributed by atoms with Gasteiger partial charge in [0, 0.05) is 0 Å². The summed E-state index contributed by atoms with van der Waals surface area (Å²) in [6, 6.07) is 10.8. The third-order valence-electron chi connectivity index (χ3n) is 3.07. The second-order valence-electron chi connectivity index (χ2n) is 4.44. The van der Waals surface area contributed by atoms with Gasteiger partial charge in [0.1, 0.15) is 0 Å². The molecule has 0 nitrogen and oxygen atoms in total. The first kappa shape index (κ1) is 11.5. The zero-order valence-corrected chi connectivity index (χ0v) is 11.5. The molecule has 0 heterocycles. The van der Waals surface area contributed by atoms with Gasteiger partial charge in [0.05, 0.1) is 0 Å². The van der Waals surface area contributed by atoms with Crippen molar-refractivity contribution >= 4 is 31.0 Å². The number of hydrogen-bond acceptors (Lipinski definition) is 0. The van der Waals surface area contributed by atoms with Gasteiger partial charge in [0.25, 0.3) is 0 Å². The summed E-state index contributed by atoms with van der Waals surface area (Å²) in [5.41, 5.74) is 0. The van der Waals surface area contributed by atoms with E-state index in [0.717, 1.165) is 0 Å². The van der Waals surface area contributed by atoms with Gasteiger partial charge >= 0.3 is 104 Å². The van der Waals surface area contributed by atoms with E-state index in [1.807, 2.05) is 0 Å². The number of halogens is 1. The first-order valence-corrected chi connectivity index (χ1v) is 7.81. The number of rotatable bonds is 2. The Labute approximate surface area is 104 Å². The Hall–Kier alpha value is 0.0295. The zero-order chi connectivity index (χ0) is 10.7. The summed E-state index contributed by atoms with van der Waals surface area (Å²) in [5.74, 6) is 0. The van der Waals surface area contributed by atoms with Crippen molar-refractivity contribution in [3.63, 3.8) is 0 Å². The molecule has 0 N–H and O–H groups in total. The molecular weight excluding hydrogens is 271 g/mol. The Bertz CT molecular complexity index is 308. The number of hydrogen-bond donors (Lipinski definition) is 0. The van der Waals surface area contributed by atoms with Crippen LogP contribution >= 0.6 is 11.6 Å². The predicted octanol–water partition coefficient (Wildman–Crippen LogP) is 3.38. The van der Waals surface area contributed by atoms with Crippen LogP contribution in [-0.2, 0) is 0 Å². The van der Waals surface area contributed by atoms with Crippen molar-refractivity contribution in [1.82, 2.24) is 0 Å². The molecule has 0 unspecified atom stereocenters. The van der Waals surface area contributed by atoms with Gasteiger partial charge in [-0.1, -0.05) is 0 Å². The molecule has 2 rings (SSSR count). The SMILES string of the molecule is C[C@@]1(Cl)CCCC[C@H]1[Se]c1ccccc1. The fourth-order valence-corrected chi connectivity index (χ4v) is 5.29. The Morgan fingerprint density at radius 1 is 1.27 bits per heavy atom. The first-order chi connectivity index (χ1) is 7.18. The van der Waals surface area contributed by atoms with Gasteiger partial charge in [-0.3, -0.25) is 0 Å². The van der Waals surface area contributed by atoms with Crippen LogP contribution in [0.3, 0.4) is 0 Å². The fraction of sp³-hybridized carbons (Fsp3) is 0.538. The Balaban J connectivity index is 2.05. The summed E-state index contributed by atoms with van der Waals surface area (Å²) >= 11 is 7.14. The second kappa shape index (κ2) is 4.91. The molecule has 1 aliphatic rings. The van der Waals surface area contributed by atoms with Crippen molar-refractivity contribution in [1.29, 1.82) is 0 Å². The normalized spacial score (nSPS) is 31.5. The van der Waals surface area contributed by atoms with Gasteiger partial charge in [-0.25, -0.2) is 0 Å². The molecule has 0 radical (unpaired) electrons. The van der Waals surface area contributed by atoms with E-state index in [2.05, 4.69) is 37.3 Å². The molecule has 82 valence electrons. The summed E-state index contributed by atoms with van der Waals surface area (Å²) in [6.45, 7) is 2.23. The van der Waals surface area contributed by atoms with E-state index >= 15 is 0 Å². The molecular formula is C13H17ClSe. The van der Waals surface area contributed by atoms with Crippen molar-refractivity contribution in [2.75, 3.05) is 0 Å². The minimum absolute atomic E-state index is 0.0497. The van der Waals surface area contributed by atoms with E-state index < -0.39 is 0 Å². The third kappa shape index (κ3) is 3.00. The molecule has 1 aliphatic carbocycles. The quantitative estimate of drug-likeness (QED) is 0.578. The predicted molar refractivity (Wildman–Crippen MR) is 68.3 cm³/mol. The van der Waals surface area contributed by atoms with Crippen molar-refractivity contribution in [2.24, 2.45) is 0 Å². The molecule has 2 atom stereocenters. The van der Waals surface area contributed by atoms with Gasteiger partial charge in [-0.05, 0) is 0 Å². The maximum atomic E-state index is 6.60. The van der Waals surface area contributed by atoms with Crippen molar-refractivity contribution in [3.8, 4) is 0 Å². The molecule has 1 fully saturated rings. The van der Waals surface area contributed by atoms with Crippen LogP contribution in [-0.4, -0.2) is 19.8 Å². The molecule has 0 spiro atoms. The number of alkyl halides is 1. The molecule has 0 aliphatic heterocycles. The summed E-state index contributed by atoms with van der Waals surface area (Å²) in [7, 11) is 0. The van der Waals surface area contributed by atoms with E-state index in [1.165, 1.54) is 30.1 Å². The second-order valence-corrected chi connectivity index (χ2v) is 7.98. The van der Waals surface area contributed by atoms with Gasteiger partial charge in [0.2, 0.25) is 0 Å². The topological polar surface area (TPSA) is 0 Å². The minimum atomic E-state index is 0.0497. The molecule has 0 amide bonds. The van der Waals surface area contributed by atoms with E-state index in [9.17, 15) is 0 Å². The molecule has 1 saturated carbocycles. The van der Waals surface area contributed by atoms with E-state index in [0.29, 0.717) is 19.8 Å². The van der Waals surface area contributed by atoms with Crippen LogP contribution in [0, 0.1) is 0 Å². The summed E-state index contributed by atoms with van der Waals surface area (Å²) in [6.07, 6.45) is 5.17. The fourth-order valence-electron chi connectivity index (χ4n) is 2.11. The molecule has 1 aromatic rings. The third-order valence-corrected chi connectivity index (χ3v) is 7.15. The van der Waals surface area contributed by atoms with Crippen LogP contribution in [0.1, 0.15) is 32.6 Å². The molecule has 0 saturated heterocycles. The Kier molecular flexibility index (Phi) is 3.77. The Morgan fingerprint density at radius 3 is 2.67 bits per heavy atom. The molecule has 2 heteroatoms. The van der Waals surface area contributed by atoms with Crippen LogP contribution in [0.2, 0.25) is 4.82 Å². The summed E-state index contributed by atoms with van der Waals surface area (Å²) < 4.78 is 1.49. The number of benzene rings is 1. The summed E-state index contributed by atoms with van der Waals surface area (Å²) in [4.78, 5) is 0.761. The first-order valence-electron chi connectivity index (χ1n) is 5.59. The van der Waals surface area contributed by atoms with Crippen LogP contribution in [0.15, 0.2) is 30.3 Å². The maximum absolute atomic E-state index is 6.60. The van der Waals surface area contributed by atoms with Gasteiger partial charge in [0.15, 0.2) is 0 Å². The van der Waals surface area contributed by atoms with Crippen molar-refractivity contribution in [2.45, 2.75) is 42.3 Å². The van der Waals surface area contributed by atoms with Gasteiger partial charge < -0.3 is 0 Å². The van der Waals surface area contributed by atoms with Crippen LogP contribution in [0.4, 0.5) is 0 Å². The average Bonchev–Trinajstić information content (AvgIpc) is 2.23. The van der Waals surface area contributed by atoms with Crippen LogP contribution < -0.4 is 4.46 Å². The molecule has 15 heavy (non-hydrogen) atoms. The van der Waals surface area contributed by atoms with Crippen molar-refractivity contribution < 1.29 is 0 Å². The average molecular weight is 288 g/mol. The van der Waals surface area contributed by atoms with Gasteiger partial charge in [-0.2, -0.15) is 0 Å². The standard InChI is InChI=1S/C13H17ClSe/c1-13(14)10-6-5-9-12(13)15-11-7-3-2-4-8-11/h2-4,7-8,12H,5-6,9-10H2,1H3/t12-,13-/m1/s1. The van der Waals surface area contributed by atoms with Crippen molar-refractivity contribution in [3.05, 3.63) is 30.3 Å². The van der Waals surface area contributed by atoms with E-state index in [4.69, 9.17) is 11.6 Å².